The largest absolute Gasteiger partial charge is 0.478 e. The average molecular weight is 261 g/mol. The molecule has 0 unspecified atom stereocenters. The maximum absolute atomic E-state index is 13.0. The van der Waals surface area contributed by atoms with E-state index in [4.69, 9.17) is 4.74 Å². The van der Waals surface area contributed by atoms with Crippen LogP contribution in [-0.4, -0.2) is 22.9 Å². The summed E-state index contributed by atoms with van der Waals surface area (Å²) >= 11 is 0. The molecule has 4 nitrogen and oxygen atoms in total. The van der Waals surface area contributed by atoms with Gasteiger partial charge in [-0.2, -0.15) is 5.10 Å². The highest BCUT2D eigenvalue weighted by Crippen LogP contribution is 2.28. The van der Waals surface area contributed by atoms with Gasteiger partial charge in [0.05, 0.1) is 23.6 Å². The lowest BCUT2D eigenvalue weighted by molar-refractivity contribution is 0.312. The van der Waals surface area contributed by atoms with E-state index in [0.29, 0.717) is 6.61 Å². The van der Waals surface area contributed by atoms with E-state index in [1.165, 1.54) is 12.1 Å². The van der Waals surface area contributed by atoms with Crippen LogP contribution in [0.15, 0.2) is 24.3 Å². The summed E-state index contributed by atoms with van der Waals surface area (Å²) in [5.41, 5.74) is 2.99. The molecule has 0 spiro atoms. The van der Waals surface area contributed by atoms with Crippen molar-refractivity contribution in [2.45, 2.75) is 19.9 Å². The molecule has 2 heterocycles. The Labute approximate surface area is 111 Å². The number of rotatable bonds is 3. The van der Waals surface area contributed by atoms with E-state index in [2.05, 4.69) is 10.4 Å². The first kappa shape index (κ1) is 12.2. The third kappa shape index (κ3) is 2.21. The smallest absolute Gasteiger partial charge is 0.221 e. The van der Waals surface area contributed by atoms with Gasteiger partial charge in [0, 0.05) is 19.5 Å². The van der Waals surface area contributed by atoms with E-state index < -0.39 is 0 Å². The predicted molar refractivity (Wildman–Crippen MR) is 70.1 cm³/mol. The fourth-order valence-electron chi connectivity index (χ4n) is 2.32. The van der Waals surface area contributed by atoms with Gasteiger partial charge in [-0.1, -0.05) is 0 Å². The molecule has 0 saturated heterocycles. The second-order valence-corrected chi connectivity index (χ2v) is 4.48. The summed E-state index contributed by atoms with van der Waals surface area (Å²) in [7, 11) is 0. The molecule has 19 heavy (non-hydrogen) atoms. The molecule has 1 aliphatic rings. The van der Waals surface area contributed by atoms with Crippen molar-refractivity contribution >= 4 is 0 Å². The monoisotopic (exact) mass is 261 g/mol. The molecule has 0 saturated carbocycles. The number of benzene rings is 1. The average Bonchev–Trinajstić information content (AvgIpc) is 2.79. The Morgan fingerprint density at radius 3 is 2.89 bits per heavy atom. The third-order valence-electron chi connectivity index (χ3n) is 3.21. The molecule has 0 radical (unpaired) electrons. The first-order chi connectivity index (χ1) is 9.29. The number of halogens is 1. The maximum Gasteiger partial charge on any atom is 0.221 e. The van der Waals surface area contributed by atoms with Gasteiger partial charge < -0.3 is 10.1 Å². The Morgan fingerprint density at radius 1 is 1.37 bits per heavy atom. The number of nitrogens with one attached hydrogen (secondary N) is 1. The van der Waals surface area contributed by atoms with Crippen LogP contribution in [0.25, 0.3) is 5.69 Å². The molecule has 0 amide bonds. The van der Waals surface area contributed by atoms with E-state index in [0.717, 1.165) is 42.3 Å². The van der Waals surface area contributed by atoms with Crippen LogP contribution in [0.2, 0.25) is 0 Å². The van der Waals surface area contributed by atoms with Crippen LogP contribution in [0, 0.1) is 5.82 Å². The summed E-state index contributed by atoms with van der Waals surface area (Å²) in [5, 5.41) is 7.92. The van der Waals surface area contributed by atoms with Crippen LogP contribution in [0.5, 0.6) is 5.88 Å². The summed E-state index contributed by atoms with van der Waals surface area (Å²) in [4.78, 5) is 0. The molecule has 1 aromatic carbocycles. The second-order valence-electron chi connectivity index (χ2n) is 4.48. The number of fused-ring (bicyclic) bond motifs is 1. The molecular formula is C14H16FN3O. The maximum atomic E-state index is 13.0. The summed E-state index contributed by atoms with van der Waals surface area (Å²) in [5.74, 6) is 0.511. The lowest BCUT2D eigenvalue weighted by Gasteiger charge is -2.13. The van der Waals surface area contributed by atoms with E-state index >= 15 is 0 Å². The summed E-state index contributed by atoms with van der Waals surface area (Å²) in [6, 6.07) is 6.29. The van der Waals surface area contributed by atoms with Gasteiger partial charge in [0.15, 0.2) is 0 Å². The normalized spacial score (nSPS) is 14.2. The van der Waals surface area contributed by atoms with Gasteiger partial charge in [-0.15, -0.1) is 0 Å². The van der Waals surface area contributed by atoms with Crippen molar-refractivity contribution in [1.82, 2.24) is 15.1 Å². The zero-order chi connectivity index (χ0) is 13.2. The molecule has 0 fully saturated rings. The van der Waals surface area contributed by atoms with Crippen LogP contribution in [0.4, 0.5) is 4.39 Å². The number of hydrogen-bond donors (Lipinski definition) is 1. The van der Waals surface area contributed by atoms with E-state index in [-0.39, 0.29) is 5.82 Å². The van der Waals surface area contributed by atoms with Gasteiger partial charge >= 0.3 is 0 Å². The molecule has 5 heteroatoms. The number of aromatic nitrogens is 2. The minimum atomic E-state index is -0.250. The Bertz CT molecular complexity index is 577. The molecule has 1 N–H and O–H groups in total. The van der Waals surface area contributed by atoms with Crippen molar-refractivity contribution in [3.8, 4) is 11.6 Å². The van der Waals surface area contributed by atoms with Crippen molar-refractivity contribution in [1.29, 1.82) is 0 Å². The van der Waals surface area contributed by atoms with E-state index in [1.807, 2.05) is 6.92 Å². The molecule has 100 valence electrons. The molecule has 0 bridgehead atoms. The van der Waals surface area contributed by atoms with Crippen LogP contribution < -0.4 is 10.1 Å². The van der Waals surface area contributed by atoms with Gasteiger partial charge in [-0.05, 0) is 31.2 Å². The van der Waals surface area contributed by atoms with Gasteiger partial charge in [0.25, 0.3) is 0 Å². The number of hydrogen-bond acceptors (Lipinski definition) is 3. The second kappa shape index (κ2) is 5.01. The van der Waals surface area contributed by atoms with Crippen molar-refractivity contribution in [2.75, 3.05) is 13.2 Å². The highest BCUT2D eigenvalue weighted by molar-refractivity contribution is 5.42. The van der Waals surface area contributed by atoms with Crippen LogP contribution in [0.3, 0.4) is 0 Å². The number of nitrogens with zero attached hydrogens (tertiary/aromatic N) is 2. The first-order valence-corrected chi connectivity index (χ1v) is 6.50. The number of ether oxygens (including phenoxy) is 1. The zero-order valence-electron chi connectivity index (χ0n) is 10.8. The quantitative estimate of drug-likeness (QED) is 0.919. The standard InChI is InChI=1S/C14H16FN3O/c1-2-19-14-12-9-16-8-7-13(12)17-18(14)11-5-3-10(15)4-6-11/h3-6,16H,2,7-9H2,1H3. The Kier molecular flexibility index (Phi) is 3.21. The minimum Gasteiger partial charge on any atom is -0.478 e. The van der Waals surface area contributed by atoms with E-state index in [1.54, 1.807) is 16.8 Å². The highest BCUT2D eigenvalue weighted by Gasteiger charge is 2.22. The fraction of sp³-hybridized carbons (Fsp3) is 0.357. The molecule has 1 aromatic heterocycles. The lowest BCUT2D eigenvalue weighted by atomic mass is 10.1. The molecule has 0 aliphatic carbocycles. The summed E-state index contributed by atoms with van der Waals surface area (Å²) in [6.45, 7) is 4.23. The fourth-order valence-corrected chi connectivity index (χ4v) is 2.32. The lowest BCUT2D eigenvalue weighted by Crippen LogP contribution is -2.23. The minimum absolute atomic E-state index is 0.250. The summed E-state index contributed by atoms with van der Waals surface area (Å²) in [6.07, 6.45) is 0.892. The van der Waals surface area contributed by atoms with Crippen LogP contribution in [-0.2, 0) is 13.0 Å². The van der Waals surface area contributed by atoms with E-state index in [9.17, 15) is 4.39 Å². The molecular weight excluding hydrogens is 245 g/mol. The van der Waals surface area contributed by atoms with Crippen molar-refractivity contribution in [3.05, 3.63) is 41.3 Å². The van der Waals surface area contributed by atoms with Gasteiger partial charge in [-0.25, -0.2) is 9.07 Å². The van der Waals surface area contributed by atoms with Gasteiger partial charge in [0.1, 0.15) is 5.82 Å². The first-order valence-electron chi connectivity index (χ1n) is 6.50. The predicted octanol–water partition coefficient (Wildman–Crippen LogP) is 2.06. The summed E-state index contributed by atoms with van der Waals surface area (Å²) < 4.78 is 20.5. The molecule has 2 aromatic rings. The molecule has 1 aliphatic heterocycles. The SMILES string of the molecule is CCOc1c2c(nn1-c1ccc(F)cc1)CCNC2. The van der Waals surface area contributed by atoms with Crippen molar-refractivity contribution in [3.63, 3.8) is 0 Å². The third-order valence-corrected chi connectivity index (χ3v) is 3.21. The topological polar surface area (TPSA) is 39.1 Å². The van der Waals surface area contributed by atoms with Crippen molar-refractivity contribution < 1.29 is 9.13 Å². The van der Waals surface area contributed by atoms with Gasteiger partial charge in [-0.3, -0.25) is 0 Å². The zero-order valence-corrected chi connectivity index (χ0v) is 10.8. The van der Waals surface area contributed by atoms with Crippen LogP contribution in [0.1, 0.15) is 18.2 Å². The molecule has 0 atom stereocenters. The Hall–Kier alpha value is -1.88. The van der Waals surface area contributed by atoms with Crippen molar-refractivity contribution in [2.24, 2.45) is 0 Å². The highest BCUT2D eigenvalue weighted by atomic mass is 19.1. The molecule has 3 rings (SSSR count). The van der Waals surface area contributed by atoms with Gasteiger partial charge in [0.2, 0.25) is 5.88 Å². The Morgan fingerprint density at radius 2 is 2.16 bits per heavy atom. The Balaban J connectivity index is 2.09. The van der Waals surface area contributed by atoms with Crippen LogP contribution >= 0.6 is 0 Å².